The summed E-state index contributed by atoms with van der Waals surface area (Å²) in [5, 5.41) is 0. The molecule has 2 nitrogen and oxygen atoms in total. The minimum Gasteiger partial charge on any atom is -0.435 e. The maximum atomic E-state index is 11.4. The van der Waals surface area contributed by atoms with Crippen molar-refractivity contribution >= 4 is 5.97 Å². The van der Waals surface area contributed by atoms with Gasteiger partial charge in [0.15, 0.2) is 0 Å². The molecule has 0 rings (SSSR count). The number of carbonyl (C=O) groups is 1. The second-order valence-corrected chi connectivity index (χ2v) is 3.24. The number of hydrogen-bond donors (Lipinski definition) is 0. The van der Waals surface area contributed by atoms with Gasteiger partial charge in [0.05, 0.1) is 11.7 Å². The van der Waals surface area contributed by atoms with Crippen LogP contribution in [0, 0.1) is 5.41 Å². The Morgan fingerprint density at radius 2 is 2.17 bits per heavy atom. The quantitative estimate of drug-likeness (QED) is 0.468. The summed E-state index contributed by atoms with van der Waals surface area (Å²) in [5.74, 6) is -0.165. The van der Waals surface area contributed by atoms with Crippen molar-refractivity contribution in [1.82, 2.24) is 0 Å². The highest BCUT2D eigenvalue weighted by Gasteiger charge is 2.31. The fraction of sp³-hybridized carbons (Fsp3) is 0.700. The molecular formula is C10H18O2. The van der Waals surface area contributed by atoms with Crippen LogP contribution >= 0.6 is 0 Å². The molecule has 0 aliphatic heterocycles. The van der Waals surface area contributed by atoms with Gasteiger partial charge in [-0.3, -0.25) is 4.79 Å². The molecule has 0 fully saturated rings. The maximum absolute atomic E-state index is 11.4. The lowest BCUT2D eigenvalue weighted by molar-refractivity contribution is -0.149. The first-order valence-electron chi connectivity index (χ1n) is 4.42. The molecule has 0 N–H and O–H groups in total. The Kier molecular flexibility index (Phi) is 4.64. The second kappa shape index (κ2) is 4.96. The molecule has 0 aromatic heterocycles. The average molecular weight is 170 g/mol. The largest absolute Gasteiger partial charge is 0.435 e. The number of esters is 1. The summed E-state index contributed by atoms with van der Waals surface area (Å²) in [7, 11) is 0. The molecule has 0 aromatic rings. The molecule has 0 aromatic carbocycles. The van der Waals surface area contributed by atoms with Crippen molar-refractivity contribution < 1.29 is 9.53 Å². The van der Waals surface area contributed by atoms with E-state index in [1.54, 1.807) is 0 Å². The zero-order chi connectivity index (χ0) is 9.61. The summed E-state index contributed by atoms with van der Waals surface area (Å²) < 4.78 is 4.78. The summed E-state index contributed by atoms with van der Waals surface area (Å²) in [6.07, 6.45) is 3.88. The van der Waals surface area contributed by atoms with Crippen molar-refractivity contribution in [3.63, 3.8) is 0 Å². The lowest BCUT2D eigenvalue weighted by Gasteiger charge is -2.23. The molecule has 0 aliphatic rings. The molecular weight excluding hydrogens is 152 g/mol. The van der Waals surface area contributed by atoms with E-state index in [0.717, 1.165) is 19.3 Å². The first-order chi connectivity index (χ1) is 5.60. The normalized spacial score (nSPS) is 14.9. The summed E-state index contributed by atoms with van der Waals surface area (Å²) in [4.78, 5) is 11.4. The molecule has 1 atom stereocenters. The average Bonchev–Trinajstić information content (AvgIpc) is 2.05. The molecule has 0 amide bonds. The lowest BCUT2D eigenvalue weighted by atomic mass is 9.83. The zero-order valence-corrected chi connectivity index (χ0v) is 8.22. The SMILES string of the molecule is C=COC(=O)C(C)(CC)CCC. The van der Waals surface area contributed by atoms with E-state index < -0.39 is 0 Å². The summed E-state index contributed by atoms with van der Waals surface area (Å²) in [6, 6.07) is 0. The molecule has 0 saturated carbocycles. The van der Waals surface area contributed by atoms with E-state index in [1.165, 1.54) is 6.26 Å². The van der Waals surface area contributed by atoms with Crippen molar-refractivity contribution in [2.45, 2.75) is 40.0 Å². The van der Waals surface area contributed by atoms with E-state index >= 15 is 0 Å². The van der Waals surface area contributed by atoms with Crippen LogP contribution in [0.25, 0.3) is 0 Å². The predicted octanol–water partition coefficient (Wildman–Crippen LogP) is 2.89. The summed E-state index contributed by atoms with van der Waals surface area (Å²) in [6.45, 7) is 9.36. The molecule has 1 unspecified atom stereocenters. The Hall–Kier alpha value is -0.790. The van der Waals surface area contributed by atoms with Crippen LogP contribution in [0.2, 0.25) is 0 Å². The standard InChI is InChI=1S/C10H18O2/c1-5-8-10(4,6-2)9(11)12-7-3/h7H,3,5-6,8H2,1-2,4H3. The third kappa shape index (κ3) is 2.68. The Balaban J connectivity index is 4.28. The van der Waals surface area contributed by atoms with Gasteiger partial charge in [0.2, 0.25) is 0 Å². The van der Waals surface area contributed by atoms with Gasteiger partial charge >= 0.3 is 5.97 Å². The van der Waals surface area contributed by atoms with Gasteiger partial charge in [0, 0.05) is 0 Å². The Labute approximate surface area is 74.6 Å². The van der Waals surface area contributed by atoms with E-state index in [2.05, 4.69) is 13.5 Å². The minimum absolute atomic E-state index is 0.165. The van der Waals surface area contributed by atoms with E-state index in [4.69, 9.17) is 4.74 Å². The van der Waals surface area contributed by atoms with Crippen LogP contribution in [0.4, 0.5) is 0 Å². The van der Waals surface area contributed by atoms with Gasteiger partial charge in [-0.25, -0.2) is 0 Å². The van der Waals surface area contributed by atoms with Crippen molar-refractivity contribution in [2.24, 2.45) is 5.41 Å². The molecule has 70 valence electrons. The monoisotopic (exact) mass is 170 g/mol. The van der Waals surface area contributed by atoms with Crippen LogP contribution in [-0.4, -0.2) is 5.97 Å². The molecule has 0 aliphatic carbocycles. The van der Waals surface area contributed by atoms with Crippen molar-refractivity contribution in [1.29, 1.82) is 0 Å². The van der Waals surface area contributed by atoms with Gasteiger partial charge in [-0.15, -0.1) is 0 Å². The van der Waals surface area contributed by atoms with Crippen molar-refractivity contribution in [3.05, 3.63) is 12.8 Å². The topological polar surface area (TPSA) is 26.3 Å². The van der Waals surface area contributed by atoms with Crippen molar-refractivity contribution in [3.8, 4) is 0 Å². The van der Waals surface area contributed by atoms with Gasteiger partial charge in [0.1, 0.15) is 0 Å². The molecule has 0 saturated heterocycles. The molecule has 0 radical (unpaired) electrons. The first kappa shape index (κ1) is 11.2. The molecule has 0 heterocycles. The highest BCUT2D eigenvalue weighted by Crippen LogP contribution is 2.28. The van der Waals surface area contributed by atoms with Crippen LogP contribution < -0.4 is 0 Å². The predicted molar refractivity (Wildman–Crippen MR) is 49.6 cm³/mol. The van der Waals surface area contributed by atoms with Gasteiger partial charge in [-0.1, -0.05) is 26.8 Å². The number of ether oxygens (including phenoxy) is 1. The van der Waals surface area contributed by atoms with Gasteiger partial charge in [-0.05, 0) is 19.8 Å². The fourth-order valence-corrected chi connectivity index (χ4v) is 1.19. The first-order valence-corrected chi connectivity index (χ1v) is 4.42. The van der Waals surface area contributed by atoms with Gasteiger partial charge in [-0.2, -0.15) is 0 Å². The Morgan fingerprint density at radius 3 is 2.50 bits per heavy atom. The third-order valence-corrected chi connectivity index (χ3v) is 2.27. The van der Waals surface area contributed by atoms with E-state index in [0.29, 0.717) is 0 Å². The number of hydrogen-bond acceptors (Lipinski definition) is 2. The van der Waals surface area contributed by atoms with Crippen LogP contribution in [-0.2, 0) is 9.53 Å². The van der Waals surface area contributed by atoms with Crippen LogP contribution in [0.3, 0.4) is 0 Å². The minimum atomic E-state index is -0.330. The Bertz CT molecular complexity index is 163. The zero-order valence-electron chi connectivity index (χ0n) is 8.22. The number of rotatable bonds is 5. The van der Waals surface area contributed by atoms with Gasteiger partial charge < -0.3 is 4.74 Å². The van der Waals surface area contributed by atoms with Crippen LogP contribution in [0.15, 0.2) is 12.8 Å². The fourth-order valence-electron chi connectivity index (χ4n) is 1.19. The van der Waals surface area contributed by atoms with Crippen LogP contribution in [0.1, 0.15) is 40.0 Å². The van der Waals surface area contributed by atoms with Gasteiger partial charge in [0.25, 0.3) is 0 Å². The molecule has 0 bridgehead atoms. The maximum Gasteiger partial charge on any atom is 0.316 e. The molecule has 2 heteroatoms. The van der Waals surface area contributed by atoms with Crippen LogP contribution in [0.5, 0.6) is 0 Å². The second-order valence-electron chi connectivity index (χ2n) is 3.24. The third-order valence-electron chi connectivity index (χ3n) is 2.27. The summed E-state index contributed by atoms with van der Waals surface area (Å²) >= 11 is 0. The number of carbonyl (C=O) groups excluding carboxylic acids is 1. The summed E-state index contributed by atoms with van der Waals surface area (Å²) in [5.41, 5.74) is -0.330. The molecule has 0 spiro atoms. The lowest BCUT2D eigenvalue weighted by Crippen LogP contribution is -2.27. The Morgan fingerprint density at radius 1 is 1.58 bits per heavy atom. The highest BCUT2D eigenvalue weighted by molar-refractivity contribution is 5.76. The smallest absolute Gasteiger partial charge is 0.316 e. The highest BCUT2D eigenvalue weighted by atomic mass is 16.5. The van der Waals surface area contributed by atoms with E-state index in [9.17, 15) is 4.79 Å². The van der Waals surface area contributed by atoms with Crippen molar-refractivity contribution in [2.75, 3.05) is 0 Å². The van der Waals surface area contributed by atoms with E-state index in [1.807, 2.05) is 13.8 Å². The molecule has 12 heavy (non-hydrogen) atoms. The van der Waals surface area contributed by atoms with E-state index in [-0.39, 0.29) is 11.4 Å².